The van der Waals surface area contributed by atoms with Gasteiger partial charge in [0.2, 0.25) is 0 Å². The smallest absolute Gasteiger partial charge is 0.423 e. The van der Waals surface area contributed by atoms with E-state index in [0.29, 0.717) is 0 Å². The summed E-state index contributed by atoms with van der Waals surface area (Å²) in [4.78, 5) is 21.8. The Kier molecular flexibility index (Phi) is 4.93. The maximum Gasteiger partial charge on any atom is 0.423 e. The number of carbonyl (C=O) groups is 2. The van der Waals surface area contributed by atoms with Gasteiger partial charge in [0, 0.05) is 7.05 Å². The molecule has 2 amide bonds. The predicted molar refractivity (Wildman–Crippen MR) is 50.0 cm³/mol. The van der Waals surface area contributed by atoms with Crippen LogP contribution in [0.25, 0.3) is 0 Å². The van der Waals surface area contributed by atoms with Crippen LogP contribution in [-0.4, -0.2) is 37.2 Å². The second kappa shape index (κ2) is 5.43. The number of hydrogen-bond donors (Lipinski definition) is 1. The molecular weight excluding hydrogens is 186 g/mol. The van der Waals surface area contributed by atoms with Crippen LogP contribution in [0, 0.1) is 5.92 Å². The highest BCUT2D eigenvalue weighted by atomic mass is 16.5. The Hall–Kier alpha value is -1.30. The fourth-order valence-corrected chi connectivity index (χ4v) is 0.909. The van der Waals surface area contributed by atoms with Gasteiger partial charge in [-0.3, -0.25) is 10.5 Å². The quantitative estimate of drug-likeness (QED) is 0.651. The minimum atomic E-state index is -0.754. The summed E-state index contributed by atoms with van der Waals surface area (Å²) in [5, 5.41) is 1.05. The van der Waals surface area contributed by atoms with Crippen molar-refractivity contribution in [2.45, 2.75) is 19.9 Å². The molecule has 6 heteroatoms. The zero-order valence-electron chi connectivity index (χ0n) is 8.83. The summed E-state index contributed by atoms with van der Waals surface area (Å²) in [6.07, 6.45) is -0.600. The second-order valence-electron chi connectivity index (χ2n) is 3.24. The van der Waals surface area contributed by atoms with E-state index < -0.39 is 18.0 Å². The number of carbonyl (C=O) groups excluding carboxylic acids is 2. The van der Waals surface area contributed by atoms with Gasteiger partial charge in [-0.2, -0.15) is 0 Å². The third-order valence-electron chi connectivity index (χ3n) is 1.73. The third-order valence-corrected chi connectivity index (χ3v) is 1.73. The molecule has 0 saturated heterocycles. The molecule has 0 aliphatic carbocycles. The van der Waals surface area contributed by atoms with Crippen molar-refractivity contribution in [2.24, 2.45) is 5.92 Å². The molecule has 2 N–H and O–H groups in total. The van der Waals surface area contributed by atoms with E-state index in [4.69, 9.17) is 5.73 Å². The van der Waals surface area contributed by atoms with E-state index in [1.54, 1.807) is 13.8 Å². The summed E-state index contributed by atoms with van der Waals surface area (Å²) in [5.41, 5.74) is 9.56. The standard InChI is InChI=1S/C8H16N3O3/c1-5(2)6(7(9)12)10-11(3)8(13)14-4/h5-6,9-10H,1-4H3. The fourth-order valence-electron chi connectivity index (χ4n) is 0.909. The molecular formula is C8H16N3O3. The topological polar surface area (TPSA) is 82.4 Å². The minimum absolute atomic E-state index is 0.0629. The number of amides is 2. The van der Waals surface area contributed by atoms with Crippen LogP contribution in [0.15, 0.2) is 0 Å². The lowest BCUT2D eigenvalue weighted by Crippen LogP contribution is -2.51. The third kappa shape index (κ3) is 3.61. The second-order valence-corrected chi connectivity index (χ2v) is 3.24. The van der Waals surface area contributed by atoms with Crippen molar-refractivity contribution in [3.8, 4) is 0 Å². The van der Waals surface area contributed by atoms with E-state index >= 15 is 0 Å². The van der Waals surface area contributed by atoms with Crippen LogP contribution in [0.3, 0.4) is 0 Å². The Bertz CT molecular complexity index is 218. The minimum Gasteiger partial charge on any atom is -0.452 e. The lowest BCUT2D eigenvalue weighted by atomic mass is 10.1. The van der Waals surface area contributed by atoms with E-state index in [0.717, 1.165) is 5.01 Å². The van der Waals surface area contributed by atoms with Crippen LogP contribution >= 0.6 is 0 Å². The van der Waals surface area contributed by atoms with Gasteiger partial charge in [0.15, 0.2) is 0 Å². The van der Waals surface area contributed by atoms with E-state index in [-0.39, 0.29) is 5.92 Å². The number of nitrogens with zero attached hydrogens (tertiary/aromatic N) is 1. The van der Waals surface area contributed by atoms with E-state index in [9.17, 15) is 9.59 Å². The molecule has 0 heterocycles. The average Bonchev–Trinajstić information content (AvgIpc) is 2.11. The summed E-state index contributed by atoms with van der Waals surface area (Å²) < 4.78 is 4.42. The van der Waals surface area contributed by atoms with E-state index in [2.05, 4.69) is 10.2 Å². The van der Waals surface area contributed by atoms with E-state index in [1.165, 1.54) is 14.2 Å². The van der Waals surface area contributed by atoms with E-state index in [1.807, 2.05) is 0 Å². The molecule has 14 heavy (non-hydrogen) atoms. The molecule has 0 aromatic heterocycles. The molecule has 0 aromatic rings. The molecule has 0 aromatic carbocycles. The highest BCUT2D eigenvalue weighted by Gasteiger charge is 2.23. The number of rotatable bonds is 4. The van der Waals surface area contributed by atoms with Crippen molar-refractivity contribution in [3.63, 3.8) is 0 Å². The Morgan fingerprint density at radius 3 is 2.21 bits per heavy atom. The lowest BCUT2D eigenvalue weighted by Gasteiger charge is -2.24. The van der Waals surface area contributed by atoms with Gasteiger partial charge < -0.3 is 4.74 Å². The molecule has 1 atom stereocenters. The van der Waals surface area contributed by atoms with Crippen molar-refractivity contribution in [3.05, 3.63) is 0 Å². The summed E-state index contributed by atoms with van der Waals surface area (Å²) >= 11 is 0. The zero-order chi connectivity index (χ0) is 11.3. The zero-order valence-corrected chi connectivity index (χ0v) is 8.83. The molecule has 81 valence electrons. The van der Waals surface area contributed by atoms with Crippen LogP contribution in [0.5, 0.6) is 0 Å². The average molecular weight is 202 g/mol. The van der Waals surface area contributed by atoms with Gasteiger partial charge >= 0.3 is 6.09 Å². The van der Waals surface area contributed by atoms with Crippen LogP contribution in [-0.2, 0) is 9.53 Å². The fraction of sp³-hybridized carbons (Fsp3) is 0.750. The molecule has 0 aliphatic heterocycles. The first kappa shape index (κ1) is 12.7. The molecule has 0 aliphatic rings. The van der Waals surface area contributed by atoms with Crippen molar-refractivity contribution in [1.82, 2.24) is 16.2 Å². The Labute approximate surface area is 83.4 Å². The van der Waals surface area contributed by atoms with Gasteiger partial charge in [0.05, 0.1) is 7.11 Å². The number of methoxy groups -OCH3 is 1. The molecule has 0 fully saturated rings. The number of hydrogen-bond acceptors (Lipinski definition) is 4. The first-order chi connectivity index (χ1) is 6.40. The van der Waals surface area contributed by atoms with Gasteiger partial charge in [-0.05, 0) is 5.92 Å². The number of hydrazine groups is 1. The molecule has 0 rings (SSSR count). The summed E-state index contributed by atoms with van der Waals surface area (Å²) in [6.45, 7) is 3.57. The molecule has 1 unspecified atom stereocenters. The highest BCUT2D eigenvalue weighted by Crippen LogP contribution is 2.02. The number of ether oxygens (including phenoxy) is 1. The van der Waals surface area contributed by atoms with Crippen LogP contribution in [0.4, 0.5) is 4.79 Å². The lowest BCUT2D eigenvalue weighted by molar-refractivity contribution is -0.122. The Morgan fingerprint density at radius 2 is 1.93 bits per heavy atom. The molecule has 6 nitrogen and oxygen atoms in total. The Balaban J connectivity index is 4.30. The molecule has 0 bridgehead atoms. The van der Waals surface area contributed by atoms with Crippen molar-refractivity contribution < 1.29 is 14.3 Å². The maximum atomic E-state index is 11.0. The Morgan fingerprint density at radius 1 is 1.43 bits per heavy atom. The molecule has 0 saturated carbocycles. The number of nitrogens with one attached hydrogen (secondary N) is 2. The van der Waals surface area contributed by atoms with Crippen LogP contribution < -0.4 is 11.2 Å². The van der Waals surface area contributed by atoms with Crippen molar-refractivity contribution in [1.29, 1.82) is 0 Å². The first-order valence-electron chi connectivity index (χ1n) is 4.23. The van der Waals surface area contributed by atoms with Crippen LogP contribution in [0.2, 0.25) is 0 Å². The molecule has 1 radical (unpaired) electrons. The van der Waals surface area contributed by atoms with Gasteiger partial charge in [0.1, 0.15) is 6.04 Å². The first-order valence-corrected chi connectivity index (χ1v) is 4.23. The van der Waals surface area contributed by atoms with Gasteiger partial charge in [-0.15, -0.1) is 0 Å². The SMILES string of the molecule is COC(=O)N(C)NC(C([NH])=O)C(C)C. The highest BCUT2D eigenvalue weighted by molar-refractivity contribution is 5.79. The summed E-state index contributed by atoms with van der Waals surface area (Å²) in [7, 11) is 2.68. The van der Waals surface area contributed by atoms with Crippen molar-refractivity contribution in [2.75, 3.05) is 14.2 Å². The maximum absolute atomic E-state index is 11.0. The van der Waals surface area contributed by atoms with Crippen molar-refractivity contribution >= 4 is 12.0 Å². The van der Waals surface area contributed by atoms with Gasteiger partial charge in [0.25, 0.3) is 5.91 Å². The van der Waals surface area contributed by atoms with Crippen LogP contribution in [0.1, 0.15) is 13.8 Å². The summed E-state index contributed by atoms with van der Waals surface area (Å²) in [5.74, 6) is -0.817. The normalized spacial score (nSPS) is 12.4. The molecule has 0 spiro atoms. The largest absolute Gasteiger partial charge is 0.452 e. The predicted octanol–water partition coefficient (Wildman–Crippen LogP) is 0.0233. The van der Waals surface area contributed by atoms with Gasteiger partial charge in [-0.1, -0.05) is 13.8 Å². The summed E-state index contributed by atoms with van der Waals surface area (Å²) in [6, 6.07) is -0.695. The monoisotopic (exact) mass is 202 g/mol. The van der Waals surface area contributed by atoms with Gasteiger partial charge in [-0.25, -0.2) is 15.2 Å².